The van der Waals surface area contributed by atoms with Crippen LogP contribution in [-0.2, 0) is 20.7 Å². The van der Waals surface area contributed by atoms with Crippen molar-refractivity contribution >= 4 is 23.4 Å². The van der Waals surface area contributed by atoms with Crippen LogP contribution in [0.3, 0.4) is 0 Å². The molecule has 1 aliphatic heterocycles. The first-order valence-electron chi connectivity index (χ1n) is 7.76. The standard InChI is InChI=1S/C17H23ClN2O3/c1-19-15(21)11-17(12-23-2)8-5-9-20(17)16(22)10-13-6-3-4-7-14(13)18/h3-4,6-7H,5,8-12H2,1-2H3,(H,19,21)/t17-/m0/s1. The van der Waals surface area contributed by atoms with Gasteiger partial charge in [0.05, 0.1) is 25.0 Å². The molecule has 0 spiro atoms. The highest BCUT2D eigenvalue weighted by Crippen LogP contribution is 2.34. The Morgan fingerprint density at radius 1 is 1.39 bits per heavy atom. The largest absolute Gasteiger partial charge is 0.382 e. The van der Waals surface area contributed by atoms with Gasteiger partial charge in [-0.2, -0.15) is 0 Å². The molecule has 0 aliphatic carbocycles. The molecule has 5 nitrogen and oxygen atoms in total. The summed E-state index contributed by atoms with van der Waals surface area (Å²) < 4.78 is 5.33. The number of hydrogen-bond donors (Lipinski definition) is 1. The quantitative estimate of drug-likeness (QED) is 0.863. The number of carbonyl (C=O) groups is 2. The van der Waals surface area contributed by atoms with Crippen LogP contribution in [0.4, 0.5) is 0 Å². The van der Waals surface area contributed by atoms with E-state index < -0.39 is 5.54 Å². The zero-order valence-corrected chi connectivity index (χ0v) is 14.4. The van der Waals surface area contributed by atoms with Crippen molar-refractivity contribution < 1.29 is 14.3 Å². The molecule has 1 N–H and O–H groups in total. The summed E-state index contributed by atoms with van der Waals surface area (Å²) >= 11 is 6.15. The zero-order chi connectivity index (χ0) is 16.9. The number of nitrogens with one attached hydrogen (secondary N) is 1. The van der Waals surface area contributed by atoms with Crippen LogP contribution in [-0.4, -0.2) is 49.6 Å². The first kappa shape index (κ1) is 17.8. The van der Waals surface area contributed by atoms with E-state index >= 15 is 0 Å². The Labute approximate surface area is 141 Å². The molecule has 0 aromatic heterocycles. The molecule has 1 atom stereocenters. The Bertz CT molecular complexity index is 579. The van der Waals surface area contributed by atoms with E-state index in [1.165, 1.54) is 0 Å². The van der Waals surface area contributed by atoms with Crippen LogP contribution >= 0.6 is 11.6 Å². The van der Waals surface area contributed by atoms with E-state index in [4.69, 9.17) is 16.3 Å². The lowest BCUT2D eigenvalue weighted by Gasteiger charge is -2.37. The maximum absolute atomic E-state index is 12.8. The summed E-state index contributed by atoms with van der Waals surface area (Å²) in [5, 5.41) is 3.23. The van der Waals surface area contributed by atoms with Crippen molar-refractivity contribution in [2.24, 2.45) is 0 Å². The van der Waals surface area contributed by atoms with E-state index in [1.54, 1.807) is 25.1 Å². The second-order valence-electron chi connectivity index (χ2n) is 5.92. The number of carbonyl (C=O) groups excluding carboxylic acids is 2. The second kappa shape index (κ2) is 7.79. The number of hydrogen-bond acceptors (Lipinski definition) is 3. The van der Waals surface area contributed by atoms with Gasteiger partial charge in [0.1, 0.15) is 0 Å². The number of rotatable bonds is 6. The molecule has 0 saturated carbocycles. The van der Waals surface area contributed by atoms with Gasteiger partial charge in [-0.1, -0.05) is 29.8 Å². The van der Waals surface area contributed by atoms with Crippen LogP contribution in [0.5, 0.6) is 0 Å². The summed E-state index contributed by atoms with van der Waals surface area (Å²) in [6.07, 6.45) is 2.13. The van der Waals surface area contributed by atoms with Crippen molar-refractivity contribution in [3.8, 4) is 0 Å². The fourth-order valence-corrected chi connectivity index (χ4v) is 3.47. The van der Waals surface area contributed by atoms with E-state index in [0.29, 0.717) is 18.2 Å². The van der Waals surface area contributed by atoms with Crippen LogP contribution in [0.15, 0.2) is 24.3 Å². The fourth-order valence-electron chi connectivity index (χ4n) is 3.27. The molecule has 2 amide bonds. The molecular formula is C17H23ClN2O3. The van der Waals surface area contributed by atoms with Gasteiger partial charge in [0, 0.05) is 25.7 Å². The van der Waals surface area contributed by atoms with Crippen LogP contribution in [0, 0.1) is 0 Å². The third kappa shape index (κ3) is 4.03. The topological polar surface area (TPSA) is 58.6 Å². The molecule has 1 heterocycles. The fraction of sp³-hybridized carbons (Fsp3) is 0.529. The highest BCUT2D eigenvalue weighted by atomic mass is 35.5. The molecule has 0 radical (unpaired) electrons. The second-order valence-corrected chi connectivity index (χ2v) is 6.33. The Morgan fingerprint density at radius 3 is 2.78 bits per heavy atom. The molecular weight excluding hydrogens is 316 g/mol. The van der Waals surface area contributed by atoms with Gasteiger partial charge >= 0.3 is 0 Å². The highest BCUT2D eigenvalue weighted by Gasteiger charge is 2.44. The third-order valence-electron chi connectivity index (χ3n) is 4.38. The molecule has 1 aromatic rings. The Morgan fingerprint density at radius 2 is 2.13 bits per heavy atom. The van der Waals surface area contributed by atoms with E-state index in [1.807, 2.05) is 18.2 Å². The number of likely N-dealkylation sites (tertiary alicyclic amines) is 1. The van der Waals surface area contributed by atoms with Gasteiger partial charge in [-0.05, 0) is 24.5 Å². The Kier molecular flexibility index (Phi) is 6.02. The van der Waals surface area contributed by atoms with Crippen molar-refractivity contribution in [2.45, 2.75) is 31.2 Å². The Balaban J connectivity index is 2.19. The highest BCUT2D eigenvalue weighted by molar-refractivity contribution is 6.31. The summed E-state index contributed by atoms with van der Waals surface area (Å²) in [7, 11) is 3.20. The SMILES string of the molecule is CNC(=O)C[C@]1(COC)CCCN1C(=O)Cc1ccccc1Cl. The number of halogens is 1. The van der Waals surface area contributed by atoms with Crippen LogP contribution in [0.1, 0.15) is 24.8 Å². The minimum absolute atomic E-state index is 0.0171. The Hall–Kier alpha value is -1.59. The minimum Gasteiger partial charge on any atom is -0.382 e. The smallest absolute Gasteiger partial charge is 0.227 e. The lowest BCUT2D eigenvalue weighted by Crippen LogP contribution is -2.53. The average Bonchev–Trinajstić information content (AvgIpc) is 2.93. The molecule has 23 heavy (non-hydrogen) atoms. The van der Waals surface area contributed by atoms with E-state index in [0.717, 1.165) is 18.4 Å². The first-order valence-corrected chi connectivity index (χ1v) is 8.13. The van der Waals surface area contributed by atoms with E-state index in [9.17, 15) is 9.59 Å². The number of methoxy groups -OCH3 is 1. The molecule has 0 unspecified atom stereocenters. The molecule has 1 saturated heterocycles. The third-order valence-corrected chi connectivity index (χ3v) is 4.75. The van der Waals surface area contributed by atoms with Crippen molar-refractivity contribution in [3.05, 3.63) is 34.9 Å². The van der Waals surface area contributed by atoms with Crippen molar-refractivity contribution in [2.75, 3.05) is 27.3 Å². The minimum atomic E-state index is -0.562. The monoisotopic (exact) mass is 338 g/mol. The number of nitrogens with zero attached hydrogens (tertiary/aromatic N) is 1. The molecule has 1 aromatic carbocycles. The van der Waals surface area contributed by atoms with Crippen molar-refractivity contribution in [3.63, 3.8) is 0 Å². The van der Waals surface area contributed by atoms with Gasteiger partial charge in [0.25, 0.3) is 0 Å². The molecule has 126 valence electrons. The summed E-state index contributed by atoms with van der Waals surface area (Å²) in [6.45, 7) is 0.998. The van der Waals surface area contributed by atoms with Gasteiger partial charge < -0.3 is 15.0 Å². The lowest BCUT2D eigenvalue weighted by atomic mass is 9.91. The van der Waals surface area contributed by atoms with Crippen LogP contribution in [0.2, 0.25) is 5.02 Å². The predicted octanol–water partition coefficient (Wildman–Crippen LogP) is 2.03. The van der Waals surface area contributed by atoms with Crippen LogP contribution in [0.25, 0.3) is 0 Å². The first-order chi connectivity index (χ1) is 11.0. The number of benzene rings is 1. The van der Waals surface area contributed by atoms with Gasteiger partial charge in [-0.25, -0.2) is 0 Å². The summed E-state index contributed by atoms with van der Waals surface area (Å²) in [5.74, 6) is -0.101. The maximum Gasteiger partial charge on any atom is 0.227 e. The number of amides is 2. The molecule has 2 rings (SSSR count). The van der Waals surface area contributed by atoms with Crippen molar-refractivity contribution in [1.82, 2.24) is 10.2 Å². The molecule has 6 heteroatoms. The summed E-state index contributed by atoms with van der Waals surface area (Å²) in [5.41, 5.74) is 0.241. The summed E-state index contributed by atoms with van der Waals surface area (Å²) in [6, 6.07) is 7.34. The van der Waals surface area contributed by atoms with Gasteiger partial charge in [0.15, 0.2) is 0 Å². The van der Waals surface area contributed by atoms with Gasteiger partial charge in [-0.3, -0.25) is 9.59 Å². The van der Waals surface area contributed by atoms with Gasteiger partial charge in [0.2, 0.25) is 11.8 Å². The lowest BCUT2D eigenvalue weighted by molar-refractivity contribution is -0.139. The van der Waals surface area contributed by atoms with Crippen LogP contribution < -0.4 is 5.32 Å². The van der Waals surface area contributed by atoms with E-state index in [-0.39, 0.29) is 24.7 Å². The molecule has 1 fully saturated rings. The number of ether oxygens (including phenoxy) is 1. The maximum atomic E-state index is 12.8. The predicted molar refractivity (Wildman–Crippen MR) is 89.4 cm³/mol. The van der Waals surface area contributed by atoms with E-state index in [2.05, 4.69) is 5.32 Å². The summed E-state index contributed by atoms with van der Waals surface area (Å²) in [4.78, 5) is 26.5. The van der Waals surface area contributed by atoms with Gasteiger partial charge in [-0.15, -0.1) is 0 Å². The zero-order valence-electron chi connectivity index (χ0n) is 13.6. The van der Waals surface area contributed by atoms with Crippen molar-refractivity contribution in [1.29, 1.82) is 0 Å². The average molecular weight is 339 g/mol. The molecule has 0 bridgehead atoms. The molecule has 1 aliphatic rings. The normalized spacial score (nSPS) is 20.6.